The minimum absolute atomic E-state index is 0.649. The molecule has 3 rings (SSSR count). The van der Waals surface area contributed by atoms with Crippen LogP contribution in [0.15, 0.2) is 36.9 Å². The number of fused-ring (bicyclic) bond motifs is 1. The molecule has 0 amide bonds. The Morgan fingerprint density at radius 1 is 1.13 bits per heavy atom. The topological polar surface area (TPSA) is 67.3 Å². The average molecular weight is 197 g/mol. The first-order valence-electron chi connectivity index (χ1n) is 4.50. The zero-order chi connectivity index (χ0) is 10.1. The number of hydrogen-bond acceptors (Lipinski definition) is 4. The highest BCUT2D eigenvalue weighted by Gasteiger charge is 2.03. The van der Waals surface area contributed by atoms with Gasteiger partial charge < -0.3 is 0 Å². The second-order valence-corrected chi connectivity index (χ2v) is 3.09. The van der Waals surface area contributed by atoms with Crippen LogP contribution < -0.4 is 0 Å². The van der Waals surface area contributed by atoms with Crippen molar-refractivity contribution >= 4 is 11.2 Å². The van der Waals surface area contributed by atoms with Crippen LogP contribution in [0, 0.1) is 0 Å². The predicted octanol–water partition coefficient (Wildman–Crippen LogP) is 1.41. The number of nitrogens with one attached hydrogen (secondary N) is 1. The minimum atomic E-state index is 0.649. The molecular weight excluding hydrogens is 190 g/mol. The van der Waals surface area contributed by atoms with Crippen LogP contribution in [0.4, 0.5) is 0 Å². The zero-order valence-electron chi connectivity index (χ0n) is 7.75. The molecule has 0 spiro atoms. The molecule has 0 aliphatic rings. The smallest absolute Gasteiger partial charge is 0.178 e. The lowest BCUT2D eigenvalue weighted by molar-refractivity contribution is 1.09. The zero-order valence-corrected chi connectivity index (χ0v) is 7.75. The highest BCUT2D eigenvalue weighted by Crippen LogP contribution is 2.15. The Morgan fingerprint density at radius 2 is 2.13 bits per heavy atom. The first-order valence-corrected chi connectivity index (χ1v) is 4.50. The molecule has 3 heterocycles. The van der Waals surface area contributed by atoms with Gasteiger partial charge in [0.05, 0.1) is 18.1 Å². The Kier molecular flexibility index (Phi) is 1.68. The van der Waals surface area contributed by atoms with Crippen molar-refractivity contribution in [1.82, 2.24) is 25.1 Å². The molecule has 3 aromatic rings. The highest BCUT2D eigenvalue weighted by atomic mass is 15.1. The summed E-state index contributed by atoms with van der Waals surface area (Å²) in [7, 11) is 0. The van der Waals surface area contributed by atoms with Crippen LogP contribution in [-0.2, 0) is 0 Å². The molecule has 5 nitrogen and oxygen atoms in total. The molecule has 72 valence electrons. The van der Waals surface area contributed by atoms with Gasteiger partial charge in [0.15, 0.2) is 5.65 Å². The normalized spacial score (nSPS) is 10.7. The second kappa shape index (κ2) is 3.13. The monoisotopic (exact) mass is 197 g/mol. The van der Waals surface area contributed by atoms with E-state index in [2.05, 4.69) is 25.1 Å². The Balaban J connectivity index is 2.22. The maximum Gasteiger partial charge on any atom is 0.178 e. The maximum absolute atomic E-state index is 4.38. The van der Waals surface area contributed by atoms with Gasteiger partial charge in [0.2, 0.25) is 0 Å². The number of pyridine rings is 1. The lowest BCUT2D eigenvalue weighted by Crippen LogP contribution is -1.89. The van der Waals surface area contributed by atoms with E-state index in [-0.39, 0.29) is 0 Å². The summed E-state index contributed by atoms with van der Waals surface area (Å²) in [5.41, 5.74) is 3.13. The fourth-order valence-corrected chi connectivity index (χ4v) is 1.38. The molecular formula is C10H7N5. The standard InChI is InChI=1S/C10H7N5/c1-2-8-10(11-3-1)15-9(6-12-8)7-4-13-14-5-7/h1-6H,(H,13,14). The third kappa shape index (κ3) is 1.34. The fourth-order valence-electron chi connectivity index (χ4n) is 1.38. The average Bonchev–Trinajstić information content (AvgIpc) is 2.82. The van der Waals surface area contributed by atoms with E-state index in [1.54, 1.807) is 24.8 Å². The van der Waals surface area contributed by atoms with Gasteiger partial charge >= 0.3 is 0 Å². The van der Waals surface area contributed by atoms with Gasteiger partial charge in [0, 0.05) is 18.0 Å². The first kappa shape index (κ1) is 8.05. The predicted molar refractivity (Wildman–Crippen MR) is 54.9 cm³/mol. The number of hydrogen-bond donors (Lipinski definition) is 1. The van der Waals surface area contributed by atoms with Gasteiger partial charge in [-0.1, -0.05) is 0 Å². The van der Waals surface area contributed by atoms with Crippen LogP contribution in [0.3, 0.4) is 0 Å². The van der Waals surface area contributed by atoms with Crippen molar-refractivity contribution in [1.29, 1.82) is 0 Å². The molecule has 1 N–H and O–H groups in total. The van der Waals surface area contributed by atoms with Crippen LogP contribution in [-0.4, -0.2) is 25.1 Å². The van der Waals surface area contributed by atoms with Gasteiger partial charge in [0.1, 0.15) is 5.52 Å². The molecule has 0 fully saturated rings. The highest BCUT2D eigenvalue weighted by molar-refractivity contribution is 5.72. The van der Waals surface area contributed by atoms with Crippen molar-refractivity contribution in [2.24, 2.45) is 0 Å². The Morgan fingerprint density at radius 3 is 3.00 bits per heavy atom. The van der Waals surface area contributed by atoms with Gasteiger partial charge in [-0.15, -0.1) is 0 Å². The van der Waals surface area contributed by atoms with Gasteiger partial charge in [-0.3, -0.25) is 10.1 Å². The molecule has 0 aromatic carbocycles. The Bertz CT molecular complexity index is 588. The molecule has 3 aromatic heterocycles. The van der Waals surface area contributed by atoms with Crippen molar-refractivity contribution in [2.45, 2.75) is 0 Å². The SMILES string of the molecule is c1cnc2nc(-c3cn[nH]c3)cnc2c1. The van der Waals surface area contributed by atoms with E-state index in [0.29, 0.717) is 5.65 Å². The molecule has 0 unspecified atom stereocenters. The quantitative estimate of drug-likeness (QED) is 0.640. The lowest BCUT2D eigenvalue weighted by Gasteiger charge is -1.97. The summed E-state index contributed by atoms with van der Waals surface area (Å²) in [5.74, 6) is 0. The fraction of sp³-hybridized carbons (Fsp3) is 0. The summed E-state index contributed by atoms with van der Waals surface area (Å²) in [4.78, 5) is 12.8. The summed E-state index contributed by atoms with van der Waals surface area (Å²) >= 11 is 0. The molecule has 0 saturated carbocycles. The van der Waals surface area contributed by atoms with Crippen molar-refractivity contribution in [3.63, 3.8) is 0 Å². The number of aromatic amines is 1. The van der Waals surface area contributed by atoms with E-state index >= 15 is 0 Å². The molecule has 0 radical (unpaired) electrons. The number of nitrogens with zero attached hydrogens (tertiary/aromatic N) is 4. The Labute approximate surface area is 85.2 Å². The first-order chi connectivity index (χ1) is 7.43. The minimum Gasteiger partial charge on any atom is -0.285 e. The van der Waals surface area contributed by atoms with Crippen molar-refractivity contribution in [2.75, 3.05) is 0 Å². The van der Waals surface area contributed by atoms with Crippen molar-refractivity contribution in [3.8, 4) is 11.3 Å². The number of rotatable bonds is 1. The summed E-state index contributed by atoms with van der Waals surface area (Å²) < 4.78 is 0. The molecule has 0 aliphatic heterocycles. The van der Waals surface area contributed by atoms with Gasteiger partial charge in [0.25, 0.3) is 0 Å². The Hall–Kier alpha value is -2.30. The summed E-state index contributed by atoms with van der Waals surface area (Å²) in [6.07, 6.45) is 6.91. The van der Waals surface area contributed by atoms with Crippen LogP contribution in [0.1, 0.15) is 0 Å². The summed E-state index contributed by atoms with van der Waals surface area (Å²) in [5, 5.41) is 6.60. The molecule has 0 aliphatic carbocycles. The largest absolute Gasteiger partial charge is 0.285 e. The van der Waals surface area contributed by atoms with E-state index in [0.717, 1.165) is 16.8 Å². The van der Waals surface area contributed by atoms with Crippen molar-refractivity contribution < 1.29 is 0 Å². The van der Waals surface area contributed by atoms with Gasteiger partial charge in [-0.05, 0) is 12.1 Å². The van der Waals surface area contributed by atoms with Crippen LogP contribution in [0.5, 0.6) is 0 Å². The lowest BCUT2D eigenvalue weighted by atomic mass is 10.2. The van der Waals surface area contributed by atoms with E-state index in [9.17, 15) is 0 Å². The molecule has 15 heavy (non-hydrogen) atoms. The number of H-pyrrole nitrogens is 1. The maximum atomic E-state index is 4.38. The van der Waals surface area contributed by atoms with Crippen LogP contribution in [0.25, 0.3) is 22.4 Å². The molecule has 0 saturated heterocycles. The molecule has 5 heteroatoms. The van der Waals surface area contributed by atoms with Gasteiger partial charge in [-0.2, -0.15) is 5.10 Å². The van der Waals surface area contributed by atoms with E-state index in [1.807, 2.05) is 12.1 Å². The number of aromatic nitrogens is 5. The molecule has 0 bridgehead atoms. The third-order valence-electron chi connectivity index (χ3n) is 2.11. The van der Waals surface area contributed by atoms with E-state index in [4.69, 9.17) is 0 Å². The van der Waals surface area contributed by atoms with Crippen LogP contribution in [0.2, 0.25) is 0 Å². The molecule has 0 atom stereocenters. The van der Waals surface area contributed by atoms with Crippen molar-refractivity contribution in [3.05, 3.63) is 36.9 Å². The second-order valence-electron chi connectivity index (χ2n) is 3.09. The summed E-state index contributed by atoms with van der Waals surface area (Å²) in [6.45, 7) is 0. The van der Waals surface area contributed by atoms with Crippen LogP contribution >= 0.6 is 0 Å². The summed E-state index contributed by atoms with van der Waals surface area (Å²) in [6, 6.07) is 3.73. The van der Waals surface area contributed by atoms with Gasteiger partial charge in [-0.25, -0.2) is 9.97 Å². The van der Waals surface area contributed by atoms with E-state index in [1.165, 1.54) is 0 Å². The van der Waals surface area contributed by atoms with E-state index < -0.39 is 0 Å². The third-order valence-corrected chi connectivity index (χ3v) is 2.11.